The number of pyridine rings is 1. The van der Waals surface area contributed by atoms with Gasteiger partial charge in [-0.3, -0.25) is 9.29 Å². The summed E-state index contributed by atoms with van der Waals surface area (Å²) in [7, 11) is -1.11. The van der Waals surface area contributed by atoms with E-state index in [9.17, 15) is 8.42 Å². The lowest BCUT2D eigenvalue weighted by Gasteiger charge is -2.26. The van der Waals surface area contributed by atoms with E-state index in [1.165, 1.54) is 18.8 Å². The largest absolute Gasteiger partial charge is 0.494 e. The van der Waals surface area contributed by atoms with Crippen LogP contribution in [-0.4, -0.2) is 78.0 Å². The minimum atomic E-state index is -4.13. The van der Waals surface area contributed by atoms with Crippen molar-refractivity contribution in [1.29, 1.82) is 0 Å². The zero-order valence-electron chi connectivity index (χ0n) is 23.6. The third-order valence-electron chi connectivity index (χ3n) is 6.66. The van der Waals surface area contributed by atoms with Crippen molar-refractivity contribution in [3.05, 3.63) is 60.3 Å². The molecule has 0 saturated carbocycles. The van der Waals surface area contributed by atoms with Crippen LogP contribution < -0.4 is 14.2 Å². The van der Waals surface area contributed by atoms with Crippen LogP contribution in [0.5, 0.6) is 11.5 Å². The molecule has 1 saturated heterocycles. The second-order valence-electron chi connectivity index (χ2n) is 9.75. The van der Waals surface area contributed by atoms with Gasteiger partial charge in [0.05, 0.1) is 45.8 Å². The topological polar surface area (TPSA) is 140 Å². The van der Waals surface area contributed by atoms with Crippen LogP contribution in [0.25, 0.3) is 11.3 Å². The fourth-order valence-electron chi connectivity index (χ4n) is 4.67. The van der Waals surface area contributed by atoms with Crippen LogP contribution in [-0.2, 0) is 24.2 Å². The molecule has 1 aliphatic rings. The fourth-order valence-corrected chi connectivity index (χ4v) is 5.77. The van der Waals surface area contributed by atoms with Gasteiger partial charge in [0, 0.05) is 12.4 Å². The Balaban J connectivity index is 1.57. The van der Waals surface area contributed by atoms with Gasteiger partial charge in [0.1, 0.15) is 40.3 Å². The molecule has 1 fully saturated rings. The smallest absolute Gasteiger partial charge is 0.243 e. The number of fused-ring (bicyclic) bond motifs is 1. The number of benzene rings is 1. The van der Waals surface area contributed by atoms with Gasteiger partial charge in [-0.05, 0) is 45.0 Å². The number of nitrogens with one attached hydrogen (secondary N) is 1. The summed E-state index contributed by atoms with van der Waals surface area (Å²) in [6, 6.07) is 10.8. The van der Waals surface area contributed by atoms with E-state index in [0.29, 0.717) is 47.6 Å². The van der Waals surface area contributed by atoms with Gasteiger partial charge in [0.25, 0.3) is 0 Å². The van der Waals surface area contributed by atoms with E-state index in [-0.39, 0.29) is 18.7 Å². The van der Waals surface area contributed by atoms with E-state index in [1.807, 2.05) is 42.6 Å². The lowest BCUT2D eigenvalue weighted by Crippen LogP contribution is -2.34. The number of imidazole rings is 1. The van der Waals surface area contributed by atoms with Gasteiger partial charge in [-0.2, -0.15) is 0 Å². The first-order valence-electron chi connectivity index (χ1n) is 13.2. The first kappa shape index (κ1) is 28.8. The molecular formula is C27H34N6O7S. The number of aromatic nitrogens is 5. The number of sulfonamides is 1. The lowest BCUT2D eigenvalue weighted by molar-refractivity contribution is -0.0941. The summed E-state index contributed by atoms with van der Waals surface area (Å²) >= 11 is 0. The highest BCUT2D eigenvalue weighted by Gasteiger charge is 2.37. The SMILES string of the molecule is COc1cccc(OC)c1-n1c(NS(=O)(=O)C(C)C(OC(C)C)c2cn3ccccc3n2)nnc1[C@H]1COCCO1. The number of hydrogen-bond acceptors (Lipinski definition) is 10. The minimum Gasteiger partial charge on any atom is -0.494 e. The zero-order chi connectivity index (χ0) is 29.1. The van der Waals surface area contributed by atoms with Gasteiger partial charge in [-0.15, -0.1) is 10.2 Å². The second-order valence-corrected chi connectivity index (χ2v) is 11.8. The first-order valence-corrected chi connectivity index (χ1v) is 14.7. The van der Waals surface area contributed by atoms with Crippen molar-refractivity contribution in [2.75, 3.05) is 38.8 Å². The van der Waals surface area contributed by atoms with Crippen LogP contribution in [0.3, 0.4) is 0 Å². The molecule has 1 aliphatic heterocycles. The van der Waals surface area contributed by atoms with Gasteiger partial charge in [-0.25, -0.2) is 13.4 Å². The summed E-state index contributed by atoms with van der Waals surface area (Å²) in [5, 5.41) is 7.47. The molecule has 0 radical (unpaired) electrons. The molecule has 0 bridgehead atoms. The summed E-state index contributed by atoms with van der Waals surface area (Å²) in [5.74, 6) is 1.10. The molecule has 220 valence electrons. The average molecular weight is 587 g/mol. The van der Waals surface area contributed by atoms with Crippen molar-refractivity contribution in [3.8, 4) is 17.2 Å². The molecule has 3 aromatic heterocycles. The van der Waals surface area contributed by atoms with Crippen LogP contribution in [0.4, 0.5) is 5.95 Å². The monoisotopic (exact) mass is 586 g/mol. The van der Waals surface area contributed by atoms with Gasteiger partial charge in [0.2, 0.25) is 16.0 Å². The van der Waals surface area contributed by atoms with E-state index in [2.05, 4.69) is 19.9 Å². The van der Waals surface area contributed by atoms with Crippen molar-refractivity contribution in [3.63, 3.8) is 0 Å². The summed E-state index contributed by atoms with van der Waals surface area (Å²) in [5.41, 5.74) is 1.58. The Morgan fingerprint density at radius 2 is 1.78 bits per heavy atom. The third-order valence-corrected chi connectivity index (χ3v) is 8.35. The maximum atomic E-state index is 14.0. The molecule has 4 heterocycles. The van der Waals surface area contributed by atoms with E-state index >= 15 is 0 Å². The second kappa shape index (κ2) is 12.0. The Hall–Kier alpha value is -3.72. The van der Waals surface area contributed by atoms with Gasteiger partial charge < -0.3 is 28.1 Å². The van der Waals surface area contributed by atoms with Crippen LogP contribution in [0, 0.1) is 0 Å². The number of para-hydroxylation sites is 1. The Labute approximate surface area is 238 Å². The molecule has 2 unspecified atom stereocenters. The van der Waals surface area contributed by atoms with Crippen LogP contribution in [0.15, 0.2) is 48.8 Å². The van der Waals surface area contributed by atoms with Crippen molar-refractivity contribution >= 4 is 21.6 Å². The minimum absolute atomic E-state index is 0.0675. The summed E-state index contributed by atoms with van der Waals surface area (Å²) in [6.45, 7) is 6.28. The van der Waals surface area contributed by atoms with Gasteiger partial charge in [0.15, 0.2) is 5.82 Å². The Kier molecular flexibility index (Phi) is 8.45. The van der Waals surface area contributed by atoms with Gasteiger partial charge in [-0.1, -0.05) is 12.1 Å². The van der Waals surface area contributed by atoms with Crippen LogP contribution in [0.2, 0.25) is 0 Å². The number of rotatable bonds is 11. The molecule has 41 heavy (non-hydrogen) atoms. The Morgan fingerprint density at radius 3 is 2.41 bits per heavy atom. The van der Waals surface area contributed by atoms with E-state index < -0.39 is 27.5 Å². The Morgan fingerprint density at radius 1 is 1.02 bits per heavy atom. The molecule has 4 aromatic rings. The highest BCUT2D eigenvalue weighted by atomic mass is 32.2. The molecule has 5 rings (SSSR count). The summed E-state index contributed by atoms with van der Waals surface area (Å²) in [4.78, 5) is 4.63. The molecule has 0 aliphatic carbocycles. The number of hydrogen-bond donors (Lipinski definition) is 1. The number of anilines is 1. The molecule has 3 atom stereocenters. The summed E-state index contributed by atoms with van der Waals surface area (Å²) in [6.07, 6.45) is 1.88. The number of methoxy groups -OCH3 is 2. The molecule has 1 N–H and O–H groups in total. The van der Waals surface area contributed by atoms with E-state index in [1.54, 1.807) is 31.3 Å². The molecule has 0 spiro atoms. The summed E-state index contributed by atoms with van der Waals surface area (Å²) < 4.78 is 62.8. The number of nitrogens with zero attached hydrogens (tertiary/aromatic N) is 5. The standard InChI is InChI=1S/C27H34N6O7S/c1-17(2)40-25(19-15-32-12-7-6-11-23(32)28-19)18(3)41(34,35)31-27-30-29-26(22-16-38-13-14-39-22)33(27)24-20(36-4)9-8-10-21(24)37-5/h6-12,15,17-18,22,25H,13-14,16H2,1-5H3,(H,30,31)/t18?,22-,25?/m1/s1. The lowest BCUT2D eigenvalue weighted by atomic mass is 10.2. The van der Waals surface area contributed by atoms with Crippen molar-refractivity contribution in [2.24, 2.45) is 0 Å². The number of ether oxygens (including phenoxy) is 5. The van der Waals surface area contributed by atoms with Gasteiger partial charge >= 0.3 is 0 Å². The highest BCUT2D eigenvalue weighted by Crippen LogP contribution is 2.38. The van der Waals surface area contributed by atoms with Crippen LogP contribution in [0.1, 0.15) is 44.5 Å². The average Bonchev–Trinajstić information content (AvgIpc) is 3.59. The predicted octanol–water partition coefficient (Wildman–Crippen LogP) is 3.32. The maximum absolute atomic E-state index is 14.0. The van der Waals surface area contributed by atoms with Crippen molar-refractivity contribution in [1.82, 2.24) is 24.1 Å². The molecule has 0 amide bonds. The molecule has 13 nitrogen and oxygen atoms in total. The predicted molar refractivity (Wildman–Crippen MR) is 150 cm³/mol. The maximum Gasteiger partial charge on any atom is 0.243 e. The van der Waals surface area contributed by atoms with Crippen molar-refractivity contribution < 1.29 is 32.1 Å². The van der Waals surface area contributed by atoms with Crippen molar-refractivity contribution in [2.45, 2.75) is 44.3 Å². The quantitative estimate of drug-likeness (QED) is 0.278. The fraction of sp³-hybridized carbons (Fsp3) is 0.444. The molecular weight excluding hydrogens is 552 g/mol. The molecule has 1 aromatic carbocycles. The van der Waals surface area contributed by atoms with E-state index in [0.717, 1.165) is 0 Å². The first-order chi connectivity index (χ1) is 19.7. The third kappa shape index (κ3) is 5.86. The molecule has 14 heteroatoms. The normalized spacial score (nSPS) is 17.5. The van der Waals surface area contributed by atoms with E-state index in [4.69, 9.17) is 23.7 Å². The Bertz CT molecular complexity index is 1540. The zero-order valence-corrected chi connectivity index (χ0v) is 24.4. The highest BCUT2D eigenvalue weighted by molar-refractivity contribution is 7.93. The van der Waals surface area contributed by atoms with Crippen LogP contribution >= 0.6 is 0 Å².